The number of amides is 3. The van der Waals surface area contributed by atoms with Crippen LogP contribution in [0, 0.1) is 11.8 Å². The van der Waals surface area contributed by atoms with Crippen LogP contribution in [-0.2, 0) is 14.4 Å². The molecule has 2 rings (SSSR count). The number of hydrogen-bond donors (Lipinski definition) is 2. The lowest BCUT2D eigenvalue weighted by Crippen LogP contribution is -2.58. The van der Waals surface area contributed by atoms with Crippen LogP contribution in [0.5, 0.6) is 0 Å². The number of carbonyl (C=O) groups excluding carboxylic acids is 4. The number of likely N-dealkylation sites (tertiary alicyclic amines) is 1. The van der Waals surface area contributed by atoms with Crippen LogP contribution in [0.4, 0.5) is 13.2 Å². The average Bonchev–Trinajstić information content (AvgIpc) is 3.24. The Morgan fingerprint density at radius 3 is 2.09 bits per heavy atom. The van der Waals surface area contributed by atoms with E-state index in [4.69, 9.17) is 0 Å². The number of alkyl halides is 3. The topological polar surface area (TPSA) is 108 Å². The number of Topliss-reactive ketones (excluding diaryl/α,β-unsaturated/α-hetero) is 1. The highest BCUT2D eigenvalue weighted by molar-refractivity contribution is 5.99. The number of halogens is 3. The first kappa shape index (κ1) is 26.3. The molecule has 11 heteroatoms. The van der Waals surface area contributed by atoms with Gasteiger partial charge in [0.2, 0.25) is 11.8 Å². The van der Waals surface area contributed by atoms with Crippen LogP contribution in [-0.4, -0.2) is 64.2 Å². The van der Waals surface area contributed by atoms with Crippen molar-refractivity contribution in [2.24, 2.45) is 11.8 Å². The first-order valence-corrected chi connectivity index (χ1v) is 10.8. The van der Waals surface area contributed by atoms with Crippen LogP contribution < -0.4 is 10.6 Å². The Labute approximate surface area is 190 Å². The van der Waals surface area contributed by atoms with E-state index in [-0.39, 0.29) is 18.9 Å². The molecule has 0 radical (unpaired) electrons. The second-order valence-corrected chi connectivity index (χ2v) is 8.71. The smallest absolute Gasteiger partial charge is 0.344 e. The summed E-state index contributed by atoms with van der Waals surface area (Å²) in [6.45, 7) is 6.48. The molecule has 33 heavy (non-hydrogen) atoms. The first-order valence-electron chi connectivity index (χ1n) is 10.8. The molecule has 1 fully saturated rings. The predicted octanol–water partition coefficient (Wildman–Crippen LogP) is 2.10. The van der Waals surface area contributed by atoms with Crippen molar-refractivity contribution in [2.45, 2.75) is 64.8 Å². The van der Waals surface area contributed by atoms with E-state index in [1.54, 1.807) is 13.8 Å². The molecule has 0 aromatic carbocycles. The van der Waals surface area contributed by atoms with Crippen molar-refractivity contribution in [1.29, 1.82) is 0 Å². The maximum Gasteiger partial charge on any atom is 0.452 e. The molecule has 1 aliphatic heterocycles. The third-order valence-electron chi connectivity index (χ3n) is 5.53. The third kappa shape index (κ3) is 6.52. The van der Waals surface area contributed by atoms with Crippen LogP contribution in [0.3, 0.4) is 0 Å². The fraction of sp³-hybridized carbons (Fsp3) is 0.591. The van der Waals surface area contributed by atoms with E-state index >= 15 is 0 Å². The maximum absolute atomic E-state index is 13.3. The second kappa shape index (κ2) is 10.8. The molecule has 0 spiro atoms. The molecule has 182 valence electrons. The van der Waals surface area contributed by atoms with Gasteiger partial charge in [0.25, 0.3) is 11.7 Å². The largest absolute Gasteiger partial charge is 0.452 e. The molecule has 2 N–H and O–H groups in total. The Balaban J connectivity index is 2.17. The Morgan fingerprint density at radius 2 is 1.58 bits per heavy atom. The van der Waals surface area contributed by atoms with Gasteiger partial charge in [-0.1, -0.05) is 27.7 Å². The van der Waals surface area contributed by atoms with Crippen molar-refractivity contribution >= 4 is 23.5 Å². The van der Waals surface area contributed by atoms with Gasteiger partial charge in [-0.25, -0.2) is 0 Å². The Hall–Kier alpha value is -2.98. The Morgan fingerprint density at radius 1 is 1.00 bits per heavy atom. The Bertz CT molecular complexity index is 874. The van der Waals surface area contributed by atoms with Gasteiger partial charge < -0.3 is 15.5 Å². The number of hydrogen-bond acceptors (Lipinski definition) is 5. The number of aromatic nitrogens is 1. The molecule has 2 heterocycles. The molecule has 1 unspecified atom stereocenters. The highest BCUT2D eigenvalue weighted by Crippen LogP contribution is 2.24. The molecule has 0 bridgehead atoms. The van der Waals surface area contributed by atoms with E-state index in [1.165, 1.54) is 43.3 Å². The monoisotopic (exact) mass is 470 g/mol. The van der Waals surface area contributed by atoms with Crippen LogP contribution >= 0.6 is 0 Å². The molecule has 1 aromatic rings. The summed E-state index contributed by atoms with van der Waals surface area (Å²) in [5.41, 5.74) is 0.310. The zero-order chi connectivity index (χ0) is 24.9. The van der Waals surface area contributed by atoms with Gasteiger partial charge in [0, 0.05) is 24.5 Å². The minimum Gasteiger partial charge on any atom is -0.344 e. The molecule has 8 nitrogen and oxygen atoms in total. The fourth-order valence-electron chi connectivity index (χ4n) is 3.68. The summed E-state index contributed by atoms with van der Waals surface area (Å²) in [6.07, 6.45) is -1.50. The predicted molar refractivity (Wildman–Crippen MR) is 113 cm³/mol. The fourth-order valence-corrected chi connectivity index (χ4v) is 3.68. The summed E-state index contributed by atoms with van der Waals surface area (Å²) < 4.78 is 38.8. The minimum absolute atomic E-state index is 0.213. The maximum atomic E-state index is 13.3. The van der Waals surface area contributed by atoms with Crippen LogP contribution in [0.15, 0.2) is 24.5 Å². The Kier molecular flexibility index (Phi) is 8.57. The molecule has 0 saturated carbocycles. The average molecular weight is 470 g/mol. The van der Waals surface area contributed by atoms with E-state index in [1.807, 2.05) is 0 Å². The number of rotatable bonds is 8. The molecule has 0 aliphatic carbocycles. The van der Waals surface area contributed by atoms with Gasteiger partial charge in [-0.05, 0) is 36.8 Å². The molecule has 1 aromatic heterocycles. The molecule has 3 atom stereocenters. The zero-order valence-electron chi connectivity index (χ0n) is 19.0. The zero-order valence-corrected chi connectivity index (χ0v) is 19.0. The van der Waals surface area contributed by atoms with E-state index in [2.05, 4.69) is 15.6 Å². The van der Waals surface area contributed by atoms with Gasteiger partial charge >= 0.3 is 6.18 Å². The highest BCUT2D eigenvalue weighted by Gasteiger charge is 2.46. The van der Waals surface area contributed by atoms with Gasteiger partial charge in [-0.3, -0.25) is 24.2 Å². The van der Waals surface area contributed by atoms with Crippen molar-refractivity contribution in [3.63, 3.8) is 0 Å². The number of ketones is 1. The van der Waals surface area contributed by atoms with Gasteiger partial charge in [0.05, 0.1) is 6.04 Å². The summed E-state index contributed by atoms with van der Waals surface area (Å²) in [5.74, 6) is -4.96. The van der Waals surface area contributed by atoms with Gasteiger partial charge in [-0.15, -0.1) is 0 Å². The van der Waals surface area contributed by atoms with E-state index in [9.17, 15) is 32.3 Å². The second-order valence-electron chi connectivity index (χ2n) is 8.71. The van der Waals surface area contributed by atoms with Crippen molar-refractivity contribution in [1.82, 2.24) is 20.5 Å². The van der Waals surface area contributed by atoms with Crippen molar-refractivity contribution in [2.75, 3.05) is 6.54 Å². The number of nitrogens with zero attached hydrogens (tertiary/aromatic N) is 2. The normalized spacial score (nSPS) is 18.2. The van der Waals surface area contributed by atoms with Crippen LogP contribution in [0.2, 0.25) is 0 Å². The van der Waals surface area contributed by atoms with E-state index in [0.29, 0.717) is 12.0 Å². The highest BCUT2D eigenvalue weighted by atomic mass is 19.4. The van der Waals surface area contributed by atoms with Crippen LogP contribution in [0.1, 0.15) is 50.9 Å². The molecule has 1 aliphatic rings. The summed E-state index contributed by atoms with van der Waals surface area (Å²) in [6, 6.07) is -0.738. The van der Waals surface area contributed by atoms with Gasteiger partial charge in [0.15, 0.2) is 0 Å². The molecular formula is C22H29F3N4O4. The van der Waals surface area contributed by atoms with Crippen molar-refractivity contribution in [3.05, 3.63) is 30.1 Å². The molecular weight excluding hydrogens is 441 g/mol. The number of carbonyl (C=O) groups is 4. The van der Waals surface area contributed by atoms with E-state index < -0.39 is 53.7 Å². The summed E-state index contributed by atoms with van der Waals surface area (Å²) in [7, 11) is 0. The number of pyridine rings is 1. The summed E-state index contributed by atoms with van der Waals surface area (Å²) in [4.78, 5) is 55.5. The number of nitrogens with one attached hydrogen (secondary N) is 2. The lowest BCUT2D eigenvalue weighted by atomic mass is 9.98. The minimum atomic E-state index is -5.09. The summed E-state index contributed by atoms with van der Waals surface area (Å²) >= 11 is 0. The molecule has 3 amide bonds. The van der Waals surface area contributed by atoms with Gasteiger partial charge in [-0.2, -0.15) is 13.2 Å². The lowest BCUT2D eigenvalue weighted by molar-refractivity contribution is -0.175. The van der Waals surface area contributed by atoms with Crippen molar-refractivity contribution < 1.29 is 32.3 Å². The van der Waals surface area contributed by atoms with Gasteiger partial charge in [0.1, 0.15) is 12.1 Å². The van der Waals surface area contributed by atoms with Crippen LogP contribution in [0.25, 0.3) is 0 Å². The summed E-state index contributed by atoms with van der Waals surface area (Å²) in [5, 5.41) is 4.86. The quantitative estimate of drug-likeness (QED) is 0.605. The standard InChI is InChI=1S/C22H29F3N4O4/c1-12(2)16(18(30)22(23,24)25)27-20(32)15-6-5-11-29(15)21(33)17(13(3)4)28-19(31)14-7-9-26-10-8-14/h7-10,12-13,15-17H,5-6,11H2,1-4H3,(H,27,32)(H,28,31)/t15-,16?,17-/m0/s1. The first-order chi connectivity index (χ1) is 15.3. The van der Waals surface area contributed by atoms with E-state index in [0.717, 1.165) is 0 Å². The van der Waals surface area contributed by atoms with Crippen molar-refractivity contribution in [3.8, 4) is 0 Å². The lowest BCUT2D eigenvalue weighted by Gasteiger charge is -2.31. The SMILES string of the molecule is CC(C)C(NC(=O)[C@@H]1CCCN1C(=O)[C@@H](NC(=O)c1ccncc1)C(C)C)C(=O)C(F)(F)F. The molecule has 1 saturated heterocycles. The third-order valence-corrected chi connectivity index (χ3v) is 5.53.